The number of benzene rings is 1. The smallest absolute Gasteiger partial charge is 0.418 e. The fraction of sp³-hybridized carbons (Fsp3) is 0.0556. The van der Waals surface area contributed by atoms with E-state index in [1.807, 2.05) is 0 Å². The quantitative estimate of drug-likeness (QED) is 0.188. The zero-order valence-electron chi connectivity index (χ0n) is 14.9. The van der Waals surface area contributed by atoms with Gasteiger partial charge in [-0.3, -0.25) is 0 Å². The second-order valence-corrected chi connectivity index (χ2v) is 5.82. The predicted octanol–water partition coefficient (Wildman–Crippen LogP) is 3.89. The Morgan fingerprint density at radius 3 is 2.37 bits per heavy atom. The minimum atomic E-state index is -4.70. The molecule has 12 heteroatoms. The standard InChI is InChI=1S/C18H13F5N6O/c19-12-3-2-11(6-13(12)20)30-14-5-10(18(21,22)23)8-27-17(14)28-15-4-1-9(7-26-15)16(24)29-25/h1-8H,25H2,(H2,24,29)(H,26,27,28). The van der Waals surface area contributed by atoms with Crippen LogP contribution in [0, 0.1) is 11.6 Å². The number of alkyl halides is 3. The second-order valence-electron chi connectivity index (χ2n) is 5.82. The minimum absolute atomic E-state index is 0.0315. The Morgan fingerprint density at radius 2 is 1.77 bits per heavy atom. The molecule has 0 saturated carbocycles. The Balaban J connectivity index is 1.95. The normalized spacial score (nSPS) is 12.0. The first-order valence-corrected chi connectivity index (χ1v) is 8.14. The molecule has 0 spiro atoms. The van der Waals surface area contributed by atoms with Crippen LogP contribution < -0.4 is 21.6 Å². The van der Waals surface area contributed by atoms with E-state index in [0.717, 1.165) is 12.1 Å². The molecule has 0 radical (unpaired) electrons. The Labute approximate surface area is 166 Å². The van der Waals surface area contributed by atoms with Gasteiger partial charge in [0.1, 0.15) is 11.6 Å². The summed E-state index contributed by atoms with van der Waals surface area (Å²) in [6.07, 6.45) is -2.78. The van der Waals surface area contributed by atoms with Crippen molar-refractivity contribution in [2.24, 2.45) is 16.7 Å². The molecule has 1 aromatic carbocycles. The van der Waals surface area contributed by atoms with Gasteiger partial charge in [-0.25, -0.2) is 18.7 Å². The van der Waals surface area contributed by atoms with Gasteiger partial charge >= 0.3 is 6.18 Å². The Hall–Kier alpha value is -3.96. The molecule has 2 heterocycles. The lowest BCUT2D eigenvalue weighted by atomic mass is 10.2. The maximum Gasteiger partial charge on any atom is 0.418 e. The van der Waals surface area contributed by atoms with E-state index >= 15 is 0 Å². The Morgan fingerprint density at radius 1 is 1.00 bits per heavy atom. The maximum absolute atomic E-state index is 13.4. The third kappa shape index (κ3) is 4.71. The first-order valence-electron chi connectivity index (χ1n) is 8.14. The van der Waals surface area contributed by atoms with E-state index in [-0.39, 0.29) is 29.0 Å². The monoisotopic (exact) mass is 424 g/mol. The topological polar surface area (TPSA) is 111 Å². The molecule has 0 aliphatic heterocycles. The summed E-state index contributed by atoms with van der Waals surface area (Å²) in [7, 11) is 0. The molecule has 0 bridgehead atoms. The zero-order chi connectivity index (χ0) is 21.9. The van der Waals surface area contributed by atoms with Gasteiger partial charge < -0.3 is 21.6 Å². The number of anilines is 2. The van der Waals surface area contributed by atoms with E-state index in [1.54, 1.807) is 0 Å². The average Bonchev–Trinajstić information content (AvgIpc) is 2.71. The number of hydrazone groups is 1. The van der Waals surface area contributed by atoms with Crippen LogP contribution in [0.15, 0.2) is 53.9 Å². The fourth-order valence-corrected chi connectivity index (χ4v) is 2.25. The summed E-state index contributed by atoms with van der Waals surface area (Å²) in [6.45, 7) is 0. The number of hydrogen-bond acceptors (Lipinski definition) is 6. The number of ether oxygens (including phenoxy) is 1. The van der Waals surface area contributed by atoms with Crippen molar-refractivity contribution in [3.8, 4) is 11.5 Å². The van der Waals surface area contributed by atoms with Crippen LogP contribution in [0.3, 0.4) is 0 Å². The van der Waals surface area contributed by atoms with Crippen molar-refractivity contribution in [3.63, 3.8) is 0 Å². The van der Waals surface area contributed by atoms with E-state index in [1.165, 1.54) is 18.3 Å². The van der Waals surface area contributed by atoms with Gasteiger partial charge in [0.25, 0.3) is 0 Å². The molecule has 3 aromatic rings. The number of aromatic nitrogens is 2. The molecule has 0 unspecified atom stereocenters. The van der Waals surface area contributed by atoms with Crippen molar-refractivity contribution in [2.45, 2.75) is 6.18 Å². The van der Waals surface area contributed by atoms with E-state index in [9.17, 15) is 22.0 Å². The summed E-state index contributed by atoms with van der Waals surface area (Å²) >= 11 is 0. The third-order valence-corrected chi connectivity index (χ3v) is 3.74. The van der Waals surface area contributed by atoms with Crippen molar-refractivity contribution in [1.29, 1.82) is 0 Å². The molecular weight excluding hydrogens is 411 g/mol. The van der Waals surface area contributed by atoms with Crippen LogP contribution in [0.2, 0.25) is 0 Å². The van der Waals surface area contributed by atoms with Gasteiger partial charge in [0, 0.05) is 24.0 Å². The fourth-order valence-electron chi connectivity index (χ4n) is 2.25. The van der Waals surface area contributed by atoms with E-state index in [0.29, 0.717) is 23.9 Å². The SMILES string of the molecule is N/N=C(\N)c1ccc(Nc2ncc(C(F)(F)F)cc2Oc2ccc(F)c(F)c2)nc1. The number of amidine groups is 1. The lowest BCUT2D eigenvalue weighted by Gasteiger charge is -2.15. The molecule has 156 valence electrons. The predicted molar refractivity (Wildman–Crippen MR) is 98.1 cm³/mol. The molecule has 0 fully saturated rings. The molecule has 7 nitrogen and oxygen atoms in total. The molecule has 0 saturated heterocycles. The summed E-state index contributed by atoms with van der Waals surface area (Å²) in [4.78, 5) is 7.75. The van der Waals surface area contributed by atoms with Gasteiger partial charge in [0.2, 0.25) is 0 Å². The van der Waals surface area contributed by atoms with Crippen LogP contribution in [0.4, 0.5) is 33.6 Å². The van der Waals surface area contributed by atoms with Crippen LogP contribution in [-0.2, 0) is 6.18 Å². The summed E-state index contributed by atoms with van der Waals surface area (Å²) in [5.74, 6) is 2.18. The van der Waals surface area contributed by atoms with Gasteiger partial charge in [-0.15, -0.1) is 0 Å². The molecule has 0 aliphatic rings. The summed E-state index contributed by atoms with van der Waals surface area (Å²) < 4.78 is 71.0. The van der Waals surface area contributed by atoms with E-state index in [2.05, 4.69) is 20.4 Å². The maximum atomic E-state index is 13.4. The summed E-state index contributed by atoms with van der Waals surface area (Å²) in [5, 5.41) is 6.00. The molecule has 0 atom stereocenters. The van der Waals surface area contributed by atoms with Crippen LogP contribution in [0.1, 0.15) is 11.1 Å². The number of halogens is 5. The number of nitrogens with one attached hydrogen (secondary N) is 1. The highest BCUT2D eigenvalue weighted by Crippen LogP contribution is 2.36. The van der Waals surface area contributed by atoms with Gasteiger partial charge in [0.05, 0.1) is 5.56 Å². The van der Waals surface area contributed by atoms with Crippen LogP contribution in [0.25, 0.3) is 0 Å². The van der Waals surface area contributed by atoms with Crippen LogP contribution in [0.5, 0.6) is 11.5 Å². The van der Waals surface area contributed by atoms with Crippen molar-refractivity contribution in [1.82, 2.24) is 9.97 Å². The Bertz CT molecular complexity index is 1090. The van der Waals surface area contributed by atoms with Crippen molar-refractivity contribution < 1.29 is 26.7 Å². The van der Waals surface area contributed by atoms with Crippen LogP contribution in [-0.4, -0.2) is 15.8 Å². The summed E-state index contributed by atoms with van der Waals surface area (Å²) in [5.41, 5.74) is 4.88. The van der Waals surface area contributed by atoms with Crippen molar-refractivity contribution in [3.05, 3.63) is 71.6 Å². The number of nitrogens with two attached hydrogens (primary N) is 2. The average molecular weight is 424 g/mol. The molecule has 5 N–H and O–H groups in total. The number of rotatable bonds is 5. The highest BCUT2D eigenvalue weighted by molar-refractivity contribution is 5.97. The molecule has 30 heavy (non-hydrogen) atoms. The Kier molecular flexibility index (Phi) is 5.67. The van der Waals surface area contributed by atoms with Gasteiger partial charge in [-0.05, 0) is 30.3 Å². The molecule has 3 rings (SSSR count). The largest absolute Gasteiger partial charge is 0.453 e. The third-order valence-electron chi connectivity index (χ3n) is 3.74. The molecule has 0 aliphatic carbocycles. The van der Waals surface area contributed by atoms with Gasteiger partial charge in [-0.1, -0.05) is 0 Å². The molecular formula is C18H13F5N6O. The van der Waals surface area contributed by atoms with Crippen molar-refractivity contribution >= 4 is 17.5 Å². The number of hydrogen-bond donors (Lipinski definition) is 3. The van der Waals surface area contributed by atoms with Gasteiger partial charge in [0.15, 0.2) is 29.0 Å². The molecule has 0 amide bonds. The van der Waals surface area contributed by atoms with E-state index < -0.39 is 23.4 Å². The number of nitrogens with zero attached hydrogens (tertiary/aromatic N) is 3. The molecule has 2 aromatic heterocycles. The highest BCUT2D eigenvalue weighted by Gasteiger charge is 2.32. The highest BCUT2D eigenvalue weighted by atomic mass is 19.4. The lowest BCUT2D eigenvalue weighted by molar-refractivity contribution is -0.137. The van der Waals surface area contributed by atoms with Crippen molar-refractivity contribution in [2.75, 3.05) is 5.32 Å². The lowest BCUT2D eigenvalue weighted by Crippen LogP contribution is -2.15. The van der Waals surface area contributed by atoms with Crippen LogP contribution >= 0.6 is 0 Å². The van der Waals surface area contributed by atoms with E-state index in [4.69, 9.17) is 16.3 Å². The minimum Gasteiger partial charge on any atom is -0.453 e. The first-order chi connectivity index (χ1) is 14.2. The number of pyridine rings is 2. The zero-order valence-corrected chi connectivity index (χ0v) is 14.9. The first kappa shape index (κ1) is 20.8. The second kappa shape index (κ2) is 8.19. The van der Waals surface area contributed by atoms with Gasteiger partial charge in [-0.2, -0.15) is 18.3 Å². The summed E-state index contributed by atoms with van der Waals surface area (Å²) in [6, 6.07) is 6.17.